The first-order valence-corrected chi connectivity index (χ1v) is 9.81. The molecule has 2 aliphatic rings. The maximum atomic E-state index is 12.7. The molecule has 1 atom stereocenters. The highest BCUT2D eigenvalue weighted by atomic mass is 35.5. The Balaban J connectivity index is 0.00000312. The van der Waals surface area contributed by atoms with Crippen molar-refractivity contribution < 1.29 is 14.3 Å². The minimum Gasteiger partial charge on any atom is -0.384 e. The first-order valence-electron chi connectivity index (χ1n) is 8.65. The highest BCUT2D eigenvalue weighted by Crippen LogP contribution is 2.30. The summed E-state index contributed by atoms with van der Waals surface area (Å²) in [7, 11) is 1.71. The van der Waals surface area contributed by atoms with E-state index in [0.717, 1.165) is 25.9 Å². The molecule has 0 radical (unpaired) electrons. The number of hydrogen-bond donors (Lipinski definition) is 2. The molecule has 2 fully saturated rings. The smallest absolute Gasteiger partial charge is 0.243 e. The van der Waals surface area contributed by atoms with E-state index in [-0.39, 0.29) is 35.7 Å². The van der Waals surface area contributed by atoms with Crippen molar-refractivity contribution >= 4 is 36.0 Å². The average Bonchev–Trinajstić information content (AvgIpc) is 3.01. The Labute approximate surface area is 161 Å². The van der Waals surface area contributed by atoms with Crippen molar-refractivity contribution in [1.82, 2.24) is 15.5 Å². The molecule has 0 aromatic carbocycles. The standard InChI is InChI=1S/C17H31N3O3S.ClH/c1-16(2,3)15(22)20-12-24-9-13(20)14(21)19-10-17(11-23-4)5-7-18-8-6-17;/h13,18H,5-12H2,1-4H3,(H,19,21);1H. The Morgan fingerprint density at radius 1 is 1.32 bits per heavy atom. The van der Waals surface area contributed by atoms with Gasteiger partial charge in [0.25, 0.3) is 0 Å². The monoisotopic (exact) mass is 393 g/mol. The van der Waals surface area contributed by atoms with Gasteiger partial charge in [-0.05, 0) is 25.9 Å². The zero-order valence-corrected chi connectivity index (χ0v) is 17.4. The van der Waals surface area contributed by atoms with Crippen LogP contribution >= 0.6 is 24.2 Å². The van der Waals surface area contributed by atoms with Crippen LogP contribution in [0, 0.1) is 10.8 Å². The molecule has 146 valence electrons. The van der Waals surface area contributed by atoms with Gasteiger partial charge in [0.2, 0.25) is 11.8 Å². The summed E-state index contributed by atoms with van der Waals surface area (Å²) in [6.07, 6.45) is 1.98. The quantitative estimate of drug-likeness (QED) is 0.740. The lowest BCUT2D eigenvalue weighted by molar-refractivity contribution is -0.144. The van der Waals surface area contributed by atoms with Gasteiger partial charge in [-0.2, -0.15) is 0 Å². The van der Waals surface area contributed by atoms with Crippen molar-refractivity contribution in [3.63, 3.8) is 0 Å². The minimum absolute atomic E-state index is 0. The molecular formula is C17H32ClN3O3S. The van der Waals surface area contributed by atoms with Crippen LogP contribution in [0.15, 0.2) is 0 Å². The molecule has 2 rings (SSSR count). The number of halogens is 1. The van der Waals surface area contributed by atoms with Crippen molar-refractivity contribution in [2.45, 2.75) is 39.7 Å². The van der Waals surface area contributed by atoms with Gasteiger partial charge in [0.05, 0.1) is 12.5 Å². The van der Waals surface area contributed by atoms with Gasteiger partial charge < -0.3 is 20.3 Å². The van der Waals surface area contributed by atoms with Gasteiger partial charge in [-0.25, -0.2) is 0 Å². The third kappa shape index (κ3) is 5.74. The van der Waals surface area contributed by atoms with E-state index < -0.39 is 5.41 Å². The number of nitrogens with one attached hydrogen (secondary N) is 2. The van der Waals surface area contributed by atoms with Crippen LogP contribution in [0.2, 0.25) is 0 Å². The van der Waals surface area contributed by atoms with E-state index >= 15 is 0 Å². The Bertz CT molecular complexity index is 459. The zero-order chi connectivity index (χ0) is 17.8. The number of piperidine rings is 1. The zero-order valence-electron chi connectivity index (χ0n) is 15.7. The Hall–Kier alpha value is -0.500. The molecule has 2 saturated heterocycles. The summed E-state index contributed by atoms with van der Waals surface area (Å²) in [6.45, 7) is 8.86. The van der Waals surface area contributed by atoms with Crippen molar-refractivity contribution in [2.75, 3.05) is 45.0 Å². The molecule has 0 bridgehead atoms. The molecule has 0 aromatic rings. The number of carbonyl (C=O) groups excluding carboxylic acids is 2. The lowest BCUT2D eigenvalue weighted by Crippen LogP contribution is -2.53. The second-order valence-corrected chi connectivity index (χ2v) is 8.94. The lowest BCUT2D eigenvalue weighted by Gasteiger charge is -2.38. The molecule has 6 nitrogen and oxygen atoms in total. The molecule has 1 unspecified atom stereocenters. The van der Waals surface area contributed by atoms with Crippen LogP contribution in [-0.2, 0) is 14.3 Å². The fraction of sp³-hybridized carbons (Fsp3) is 0.882. The minimum atomic E-state index is -0.463. The summed E-state index contributed by atoms with van der Waals surface area (Å²) in [5.41, 5.74) is -0.462. The molecule has 0 spiro atoms. The number of nitrogens with zero attached hydrogens (tertiary/aromatic N) is 1. The summed E-state index contributed by atoms with van der Waals surface area (Å²) >= 11 is 1.64. The number of methoxy groups -OCH3 is 1. The number of amides is 2. The topological polar surface area (TPSA) is 70.7 Å². The van der Waals surface area contributed by atoms with Crippen molar-refractivity contribution in [3.8, 4) is 0 Å². The molecule has 25 heavy (non-hydrogen) atoms. The second kappa shape index (κ2) is 9.44. The molecule has 2 amide bonds. The summed E-state index contributed by atoms with van der Waals surface area (Å²) < 4.78 is 5.40. The number of ether oxygens (including phenoxy) is 1. The lowest BCUT2D eigenvalue weighted by atomic mass is 9.79. The Morgan fingerprint density at radius 2 is 1.96 bits per heavy atom. The Morgan fingerprint density at radius 3 is 2.52 bits per heavy atom. The molecule has 2 N–H and O–H groups in total. The SMILES string of the molecule is COCC1(CNC(=O)C2CSCN2C(=O)C(C)(C)C)CCNCC1.Cl. The molecule has 2 heterocycles. The summed E-state index contributed by atoms with van der Waals surface area (Å²) in [4.78, 5) is 27.0. The molecular weight excluding hydrogens is 362 g/mol. The average molecular weight is 394 g/mol. The van der Waals surface area contributed by atoms with Crippen molar-refractivity contribution in [3.05, 3.63) is 0 Å². The number of rotatable bonds is 5. The summed E-state index contributed by atoms with van der Waals surface area (Å²) in [5, 5.41) is 6.46. The van der Waals surface area contributed by atoms with E-state index in [0.29, 0.717) is 24.8 Å². The van der Waals surface area contributed by atoms with Gasteiger partial charge in [0, 0.05) is 30.2 Å². The third-order valence-electron chi connectivity index (χ3n) is 4.84. The van der Waals surface area contributed by atoms with E-state index in [1.165, 1.54) is 0 Å². The largest absolute Gasteiger partial charge is 0.384 e. The van der Waals surface area contributed by atoms with Crippen molar-refractivity contribution in [1.29, 1.82) is 0 Å². The second-order valence-electron chi connectivity index (χ2n) is 7.94. The molecule has 0 aromatic heterocycles. The summed E-state index contributed by atoms with van der Waals surface area (Å²) in [5.74, 6) is 1.28. The van der Waals surface area contributed by atoms with Crippen LogP contribution in [0.1, 0.15) is 33.6 Å². The molecule has 0 saturated carbocycles. The van der Waals surface area contributed by atoms with Gasteiger partial charge in [0.1, 0.15) is 6.04 Å². The van der Waals surface area contributed by atoms with Crippen LogP contribution < -0.4 is 10.6 Å². The van der Waals surface area contributed by atoms with E-state index in [9.17, 15) is 9.59 Å². The first-order chi connectivity index (χ1) is 11.3. The van der Waals surface area contributed by atoms with Crippen LogP contribution in [-0.4, -0.2) is 67.7 Å². The molecule has 2 aliphatic heterocycles. The number of hydrogen-bond acceptors (Lipinski definition) is 5. The van der Waals surface area contributed by atoms with E-state index in [1.807, 2.05) is 20.8 Å². The van der Waals surface area contributed by atoms with Crippen LogP contribution in [0.25, 0.3) is 0 Å². The van der Waals surface area contributed by atoms with E-state index in [4.69, 9.17) is 4.74 Å². The van der Waals surface area contributed by atoms with E-state index in [1.54, 1.807) is 23.8 Å². The first kappa shape index (κ1) is 22.5. The normalized spacial score (nSPS) is 23.0. The molecule has 8 heteroatoms. The highest BCUT2D eigenvalue weighted by Gasteiger charge is 2.40. The number of carbonyl (C=O) groups is 2. The fourth-order valence-electron chi connectivity index (χ4n) is 3.32. The van der Waals surface area contributed by atoms with Gasteiger partial charge in [-0.3, -0.25) is 9.59 Å². The Kier molecular flexibility index (Phi) is 8.51. The predicted octanol–water partition coefficient (Wildman–Crippen LogP) is 1.49. The van der Waals surface area contributed by atoms with Gasteiger partial charge in [-0.15, -0.1) is 24.2 Å². The van der Waals surface area contributed by atoms with E-state index in [2.05, 4.69) is 10.6 Å². The summed E-state index contributed by atoms with van der Waals surface area (Å²) in [6, 6.07) is -0.358. The highest BCUT2D eigenvalue weighted by molar-refractivity contribution is 7.99. The maximum Gasteiger partial charge on any atom is 0.243 e. The van der Waals surface area contributed by atoms with Gasteiger partial charge >= 0.3 is 0 Å². The van der Waals surface area contributed by atoms with Crippen LogP contribution in [0.5, 0.6) is 0 Å². The van der Waals surface area contributed by atoms with Crippen molar-refractivity contribution in [2.24, 2.45) is 10.8 Å². The van der Waals surface area contributed by atoms with Gasteiger partial charge in [0.15, 0.2) is 0 Å². The fourth-order valence-corrected chi connectivity index (χ4v) is 4.47. The number of thioether (sulfide) groups is 1. The third-order valence-corrected chi connectivity index (χ3v) is 5.85. The van der Waals surface area contributed by atoms with Crippen LogP contribution in [0.4, 0.5) is 0 Å². The molecule has 0 aliphatic carbocycles. The van der Waals surface area contributed by atoms with Crippen LogP contribution in [0.3, 0.4) is 0 Å². The van der Waals surface area contributed by atoms with Gasteiger partial charge in [-0.1, -0.05) is 20.8 Å². The maximum absolute atomic E-state index is 12.7. The predicted molar refractivity (Wildman–Crippen MR) is 104 cm³/mol.